The first kappa shape index (κ1) is 37.3. The first-order valence-electron chi connectivity index (χ1n) is 16.5. The molecular weight excluding hydrogens is 605 g/mol. The topological polar surface area (TPSA) is 143 Å². The maximum atomic E-state index is 14.1. The summed E-state index contributed by atoms with van der Waals surface area (Å²) < 4.78 is 25.4. The molecule has 46 heavy (non-hydrogen) atoms. The Morgan fingerprint density at radius 2 is 1.35 bits per heavy atom. The van der Waals surface area contributed by atoms with Gasteiger partial charge < -0.3 is 30.3 Å². The fourth-order valence-corrected chi connectivity index (χ4v) is 8.30. The van der Waals surface area contributed by atoms with Crippen molar-refractivity contribution in [3.8, 4) is 0 Å². The van der Waals surface area contributed by atoms with Gasteiger partial charge in [0.2, 0.25) is 19.2 Å². The lowest BCUT2D eigenvalue weighted by molar-refractivity contribution is -0.131. The highest BCUT2D eigenvalue weighted by Crippen LogP contribution is 2.51. The highest BCUT2D eigenvalue weighted by Gasteiger charge is 2.33. The number of carbonyl (C=O) groups is 3. The number of carbonyl (C=O) groups excluding carboxylic acids is 3. The smallest absolute Gasteiger partial charge is 0.408 e. The zero-order chi connectivity index (χ0) is 33.5. The fraction of sp³-hybridized carbons (Fsp3) is 0.571. The summed E-state index contributed by atoms with van der Waals surface area (Å²) in [5.74, 6) is -1.28. The molecule has 0 heterocycles. The number of benzene rings is 2. The molecule has 0 aliphatic heterocycles. The van der Waals surface area contributed by atoms with Crippen LogP contribution in [-0.4, -0.2) is 60.1 Å². The highest BCUT2D eigenvalue weighted by atomic mass is 31.2. The second-order valence-corrected chi connectivity index (χ2v) is 15.6. The van der Waals surface area contributed by atoms with Gasteiger partial charge in [0.15, 0.2) is 0 Å². The summed E-state index contributed by atoms with van der Waals surface area (Å²) in [6, 6.07) is 16.9. The molecule has 4 atom stereocenters. The van der Waals surface area contributed by atoms with E-state index in [4.69, 9.17) is 9.26 Å². The summed E-state index contributed by atoms with van der Waals surface area (Å²) in [6.45, 7) is 7.27. The molecule has 0 aromatic heterocycles. The number of amides is 3. The number of hydrogen-bond acceptors (Lipinski definition) is 7. The summed E-state index contributed by atoms with van der Waals surface area (Å²) in [5, 5.41) is 19.0. The van der Waals surface area contributed by atoms with Crippen molar-refractivity contribution in [2.24, 2.45) is 17.8 Å². The van der Waals surface area contributed by atoms with Crippen LogP contribution in [0.15, 0.2) is 60.7 Å². The van der Waals surface area contributed by atoms with E-state index in [9.17, 15) is 24.1 Å². The monoisotopic (exact) mass is 657 g/mol. The van der Waals surface area contributed by atoms with E-state index < -0.39 is 43.5 Å². The van der Waals surface area contributed by atoms with E-state index in [1.807, 2.05) is 60.7 Å². The summed E-state index contributed by atoms with van der Waals surface area (Å²) in [7, 11) is -3.22. The molecule has 1 fully saturated rings. The number of rotatable bonds is 17. The van der Waals surface area contributed by atoms with Gasteiger partial charge in [0.05, 0.1) is 18.9 Å². The minimum Gasteiger partial charge on any atom is -0.445 e. The Kier molecular flexibility index (Phi) is 15.2. The van der Waals surface area contributed by atoms with Crippen LogP contribution in [0.4, 0.5) is 4.79 Å². The van der Waals surface area contributed by atoms with Crippen molar-refractivity contribution in [1.29, 1.82) is 0 Å². The van der Waals surface area contributed by atoms with E-state index in [0.717, 1.165) is 36.8 Å². The maximum absolute atomic E-state index is 14.1. The molecule has 3 amide bonds. The largest absolute Gasteiger partial charge is 0.445 e. The SMILES string of the molecule is CC(C)C(NC(=O)OCc1ccccc1)C(=O)NC(C(=O)NCC(O)CP(=O)(CC1CCCCC1)OCc1ccccc1)C(C)C. The van der Waals surface area contributed by atoms with Gasteiger partial charge in [0.25, 0.3) is 0 Å². The quantitative estimate of drug-likeness (QED) is 0.162. The van der Waals surface area contributed by atoms with Crippen LogP contribution in [0.3, 0.4) is 0 Å². The van der Waals surface area contributed by atoms with Crippen LogP contribution < -0.4 is 16.0 Å². The second kappa shape index (κ2) is 18.8. The molecule has 4 N–H and O–H groups in total. The van der Waals surface area contributed by atoms with Crippen molar-refractivity contribution in [3.05, 3.63) is 71.8 Å². The molecule has 1 aliphatic carbocycles. The standard InChI is InChI=1S/C35H52N3O7P/c1-25(2)31(37-34(41)32(26(3)4)38-35(42)44-21-27-14-8-5-9-15-27)33(40)36-20-30(39)24-46(43,23-29-18-12-7-13-19-29)45-22-28-16-10-6-11-17-28/h5-6,8-11,14-17,25-26,29-32,39H,7,12-13,18-24H2,1-4H3,(H,36,40)(H,37,41)(H,38,42). The summed E-state index contributed by atoms with van der Waals surface area (Å²) in [5.41, 5.74) is 1.72. The van der Waals surface area contributed by atoms with Gasteiger partial charge in [-0.3, -0.25) is 14.2 Å². The molecule has 1 aliphatic rings. The van der Waals surface area contributed by atoms with Gasteiger partial charge in [-0.1, -0.05) is 108 Å². The molecule has 0 saturated heterocycles. The molecule has 2 aromatic rings. The Labute approximate surface area is 273 Å². The lowest BCUT2D eigenvalue weighted by atomic mass is 9.91. The first-order valence-corrected chi connectivity index (χ1v) is 18.4. The minimum absolute atomic E-state index is 0.0589. The van der Waals surface area contributed by atoms with Crippen LogP contribution >= 0.6 is 7.37 Å². The second-order valence-electron chi connectivity index (χ2n) is 13.0. The van der Waals surface area contributed by atoms with Crippen molar-refractivity contribution < 1.29 is 33.3 Å². The molecule has 0 spiro atoms. The third-order valence-corrected chi connectivity index (χ3v) is 10.9. The summed E-state index contributed by atoms with van der Waals surface area (Å²) in [4.78, 5) is 39.0. The van der Waals surface area contributed by atoms with Crippen molar-refractivity contribution in [2.45, 2.75) is 91.2 Å². The molecule has 10 nitrogen and oxygen atoms in total. The van der Waals surface area contributed by atoms with Gasteiger partial charge in [-0.15, -0.1) is 0 Å². The fourth-order valence-electron chi connectivity index (χ4n) is 5.63. The van der Waals surface area contributed by atoms with Gasteiger partial charge in [0.1, 0.15) is 18.7 Å². The average molecular weight is 658 g/mol. The van der Waals surface area contributed by atoms with E-state index in [2.05, 4.69) is 16.0 Å². The van der Waals surface area contributed by atoms with Gasteiger partial charge in [-0.2, -0.15) is 0 Å². The first-order chi connectivity index (χ1) is 22.0. The Morgan fingerprint density at radius 3 is 1.91 bits per heavy atom. The number of hydrogen-bond donors (Lipinski definition) is 4. The zero-order valence-corrected chi connectivity index (χ0v) is 28.5. The number of ether oxygens (including phenoxy) is 1. The Hall–Kier alpha value is -3.20. The van der Waals surface area contributed by atoms with Gasteiger partial charge in [0, 0.05) is 12.7 Å². The summed E-state index contributed by atoms with van der Waals surface area (Å²) >= 11 is 0. The molecular formula is C35H52N3O7P. The van der Waals surface area contributed by atoms with E-state index >= 15 is 0 Å². The van der Waals surface area contributed by atoms with E-state index in [1.54, 1.807) is 27.7 Å². The zero-order valence-electron chi connectivity index (χ0n) is 27.7. The molecule has 0 bridgehead atoms. The predicted octanol–water partition coefficient (Wildman–Crippen LogP) is 5.63. The minimum atomic E-state index is -3.22. The summed E-state index contributed by atoms with van der Waals surface area (Å²) in [6.07, 6.45) is 3.89. The Morgan fingerprint density at radius 1 is 0.804 bits per heavy atom. The van der Waals surface area contributed by atoms with Gasteiger partial charge >= 0.3 is 6.09 Å². The van der Waals surface area contributed by atoms with E-state index in [-0.39, 0.29) is 43.7 Å². The molecule has 0 radical (unpaired) electrons. The Bertz CT molecular complexity index is 1270. The van der Waals surface area contributed by atoms with Crippen LogP contribution in [0.25, 0.3) is 0 Å². The van der Waals surface area contributed by atoms with E-state index in [1.165, 1.54) is 6.42 Å². The average Bonchev–Trinajstić information content (AvgIpc) is 3.04. The molecule has 1 saturated carbocycles. The maximum Gasteiger partial charge on any atom is 0.408 e. The van der Waals surface area contributed by atoms with Crippen molar-refractivity contribution in [3.63, 3.8) is 0 Å². The molecule has 3 rings (SSSR count). The number of aliphatic hydroxyl groups excluding tert-OH is 1. The normalized spacial score (nSPS) is 17.0. The number of alkyl carbamates (subject to hydrolysis) is 1. The van der Waals surface area contributed by atoms with Crippen molar-refractivity contribution >= 4 is 25.3 Å². The third-order valence-electron chi connectivity index (χ3n) is 8.25. The van der Waals surface area contributed by atoms with Crippen LogP contribution in [0, 0.1) is 17.8 Å². The van der Waals surface area contributed by atoms with Crippen LogP contribution in [0.5, 0.6) is 0 Å². The Balaban J connectivity index is 1.56. The van der Waals surface area contributed by atoms with Gasteiger partial charge in [-0.05, 0) is 41.7 Å². The lowest BCUT2D eigenvalue weighted by Gasteiger charge is -2.29. The van der Waals surface area contributed by atoms with Crippen LogP contribution in [-0.2, 0) is 36.6 Å². The van der Waals surface area contributed by atoms with E-state index in [0.29, 0.717) is 6.16 Å². The van der Waals surface area contributed by atoms with Crippen molar-refractivity contribution in [1.82, 2.24) is 16.0 Å². The lowest BCUT2D eigenvalue weighted by Crippen LogP contribution is -2.57. The van der Waals surface area contributed by atoms with Gasteiger partial charge in [-0.25, -0.2) is 4.79 Å². The number of aliphatic hydroxyl groups is 1. The molecule has 254 valence electrons. The molecule has 2 aromatic carbocycles. The van der Waals surface area contributed by atoms with Crippen LogP contribution in [0.2, 0.25) is 0 Å². The predicted molar refractivity (Wildman–Crippen MR) is 179 cm³/mol. The molecule has 11 heteroatoms. The van der Waals surface area contributed by atoms with Crippen molar-refractivity contribution in [2.75, 3.05) is 18.9 Å². The number of nitrogens with one attached hydrogen (secondary N) is 3. The van der Waals surface area contributed by atoms with Crippen LogP contribution in [0.1, 0.15) is 70.9 Å². The highest BCUT2D eigenvalue weighted by molar-refractivity contribution is 7.59. The molecule has 4 unspecified atom stereocenters. The third kappa shape index (κ3) is 12.9.